The number of benzene rings is 2. The molecule has 1 saturated heterocycles. The topological polar surface area (TPSA) is 110 Å². The fourth-order valence-corrected chi connectivity index (χ4v) is 5.39. The highest BCUT2D eigenvalue weighted by atomic mass is 35.5. The highest BCUT2D eigenvalue weighted by Gasteiger charge is 2.37. The van der Waals surface area contributed by atoms with Crippen LogP contribution in [-0.4, -0.2) is 41.6 Å². The Morgan fingerprint density at radius 2 is 1.95 bits per heavy atom. The summed E-state index contributed by atoms with van der Waals surface area (Å²) in [5, 5.41) is 5.08. The summed E-state index contributed by atoms with van der Waals surface area (Å²) in [6.07, 6.45) is -0.138. The van der Waals surface area contributed by atoms with Gasteiger partial charge in [-0.15, -0.1) is 0 Å². The lowest BCUT2D eigenvalue weighted by Gasteiger charge is -2.37. The minimum Gasteiger partial charge on any atom is -0.453 e. The average Bonchev–Trinajstić information content (AvgIpc) is 2.96. The molecule has 3 heterocycles. The number of aromatic nitrogens is 1. The predicted octanol–water partition coefficient (Wildman–Crippen LogP) is 7.13. The lowest BCUT2D eigenvalue weighted by molar-refractivity contribution is -0.116. The van der Waals surface area contributed by atoms with Gasteiger partial charge in [0.25, 0.3) is 0 Å². The van der Waals surface area contributed by atoms with Gasteiger partial charge < -0.3 is 19.7 Å². The normalized spacial score (nSPS) is 19.0. The molecule has 0 aliphatic carbocycles. The molecule has 2 aliphatic heterocycles. The fraction of sp³-hybridized carbons (Fsp3) is 0.310. The van der Waals surface area contributed by atoms with E-state index in [0.717, 1.165) is 12.1 Å². The average molecular weight is 603 g/mol. The Labute approximate surface area is 244 Å². The van der Waals surface area contributed by atoms with E-state index in [-0.39, 0.29) is 42.3 Å². The summed E-state index contributed by atoms with van der Waals surface area (Å²) in [5.74, 6) is -2.96. The zero-order valence-electron chi connectivity index (χ0n) is 22.4. The van der Waals surface area contributed by atoms with E-state index < -0.39 is 47.5 Å². The molecule has 0 spiro atoms. The fourth-order valence-electron chi connectivity index (χ4n) is 5.23. The summed E-state index contributed by atoms with van der Waals surface area (Å²) >= 11 is 5.82. The maximum absolute atomic E-state index is 15.3. The third kappa shape index (κ3) is 5.98. The summed E-state index contributed by atoms with van der Waals surface area (Å²) in [4.78, 5) is 43.0. The maximum Gasteiger partial charge on any atom is 0.411 e. The van der Waals surface area contributed by atoms with Crippen LogP contribution >= 0.6 is 11.6 Å². The van der Waals surface area contributed by atoms with Gasteiger partial charge in [0.15, 0.2) is 5.82 Å². The molecule has 5 rings (SSSR count). The van der Waals surface area contributed by atoms with Crippen molar-refractivity contribution in [1.29, 1.82) is 0 Å². The second-order valence-corrected chi connectivity index (χ2v) is 10.3. The molecule has 0 saturated carbocycles. The summed E-state index contributed by atoms with van der Waals surface area (Å²) in [5.41, 5.74) is 1.35. The van der Waals surface area contributed by atoms with E-state index in [1.807, 2.05) is 0 Å². The zero-order valence-corrected chi connectivity index (χ0v) is 23.1. The molecule has 9 nitrogen and oxygen atoms in total. The Kier molecular flexibility index (Phi) is 8.53. The molecular weight excluding hydrogens is 577 g/mol. The van der Waals surface area contributed by atoms with Crippen molar-refractivity contribution in [3.05, 3.63) is 76.3 Å². The van der Waals surface area contributed by atoms with Gasteiger partial charge in [0.1, 0.15) is 11.9 Å². The minimum absolute atomic E-state index is 0.0167. The van der Waals surface area contributed by atoms with Crippen molar-refractivity contribution in [1.82, 2.24) is 9.88 Å². The number of pyridine rings is 1. The number of methoxy groups -OCH3 is 1. The summed E-state index contributed by atoms with van der Waals surface area (Å²) in [6, 6.07) is 7.57. The molecule has 2 aliphatic rings. The third-order valence-electron chi connectivity index (χ3n) is 7.28. The molecule has 2 atom stereocenters. The zero-order chi connectivity index (χ0) is 30.0. The van der Waals surface area contributed by atoms with Crippen LogP contribution in [0.2, 0.25) is 5.02 Å². The van der Waals surface area contributed by atoms with Crippen molar-refractivity contribution in [3.8, 4) is 11.1 Å². The first-order valence-corrected chi connectivity index (χ1v) is 13.6. The van der Waals surface area contributed by atoms with E-state index in [4.69, 9.17) is 16.3 Å². The van der Waals surface area contributed by atoms with E-state index in [1.165, 1.54) is 18.2 Å². The smallest absolute Gasteiger partial charge is 0.411 e. The molecule has 2 bridgehead atoms. The number of ether oxygens (including phenoxy) is 2. The molecule has 1 aromatic heterocycles. The molecule has 3 aromatic rings. The number of carbonyl (C=O) groups is 3. The van der Waals surface area contributed by atoms with E-state index in [9.17, 15) is 23.2 Å². The quantitative estimate of drug-likeness (QED) is 0.244. The summed E-state index contributed by atoms with van der Waals surface area (Å²) in [6.45, 7) is 0.0167. The van der Waals surface area contributed by atoms with Crippen LogP contribution in [0.4, 0.5) is 34.1 Å². The van der Waals surface area contributed by atoms with Gasteiger partial charge in [0.2, 0.25) is 11.9 Å². The number of nitrogens with one attached hydrogen (secondary N) is 2. The van der Waals surface area contributed by atoms with E-state index in [2.05, 4.69) is 20.4 Å². The van der Waals surface area contributed by atoms with E-state index in [0.29, 0.717) is 35.3 Å². The van der Waals surface area contributed by atoms with Crippen LogP contribution in [0.15, 0.2) is 42.6 Å². The van der Waals surface area contributed by atoms with Gasteiger partial charge in [-0.05, 0) is 43.2 Å². The first kappa shape index (κ1) is 29.2. The van der Waals surface area contributed by atoms with Crippen LogP contribution in [-0.2, 0) is 14.3 Å². The maximum atomic E-state index is 15.3. The Hall–Kier alpha value is -4.32. The monoisotopic (exact) mass is 602 g/mol. The van der Waals surface area contributed by atoms with Crippen molar-refractivity contribution < 1.29 is 37.0 Å². The Morgan fingerprint density at radius 1 is 1.14 bits per heavy atom. The molecule has 13 heteroatoms. The lowest BCUT2D eigenvalue weighted by Crippen LogP contribution is -2.42. The summed E-state index contributed by atoms with van der Waals surface area (Å²) in [7, 11) is 1.22. The van der Waals surface area contributed by atoms with Crippen LogP contribution < -0.4 is 10.6 Å². The van der Waals surface area contributed by atoms with Gasteiger partial charge in [-0.3, -0.25) is 10.1 Å². The van der Waals surface area contributed by atoms with Crippen LogP contribution in [0.3, 0.4) is 0 Å². The number of fused-ring (bicyclic) bond motifs is 4. The Balaban J connectivity index is 1.49. The Bertz CT molecular complexity index is 1560. The third-order valence-corrected chi connectivity index (χ3v) is 7.57. The van der Waals surface area contributed by atoms with Gasteiger partial charge in [0, 0.05) is 48.0 Å². The highest BCUT2D eigenvalue weighted by molar-refractivity contribution is 6.30. The minimum atomic E-state index is -1.21. The SMILES string of the molecule is COC(=O)Nc1ccc2c(c1)NC(=O)CCCC[C@H](N1CC[C@H](c3c(F)ccc(Cl)c3F)OC1=O)c1cc-2cnc1F. The number of anilines is 2. The molecule has 2 aromatic carbocycles. The molecule has 1 fully saturated rings. The molecule has 3 amide bonds. The number of hydrogen-bond donors (Lipinski definition) is 2. The van der Waals surface area contributed by atoms with Crippen molar-refractivity contribution in [2.45, 2.75) is 44.2 Å². The number of amides is 3. The molecule has 0 radical (unpaired) electrons. The second-order valence-electron chi connectivity index (χ2n) is 9.90. The lowest BCUT2D eigenvalue weighted by atomic mass is 9.94. The number of cyclic esters (lactones) is 1. The number of nitrogens with zero attached hydrogens (tertiary/aromatic N) is 2. The molecule has 2 N–H and O–H groups in total. The first-order valence-electron chi connectivity index (χ1n) is 13.2. The number of rotatable bonds is 3. The van der Waals surface area contributed by atoms with Crippen molar-refractivity contribution in [2.24, 2.45) is 0 Å². The largest absolute Gasteiger partial charge is 0.453 e. The van der Waals surface area contributed by atoms with Crippen LogP contribution in [0.5, 0.6) is 0 Å². The number of hydrogen-bond acceptors (Lipinski definition) is 6. The van der Waals surface area contributed by atoms with Gasteiger partial charge in [-0.1, -0.05) is 24.1 Å². The van der Waals surface area contributed by atoms with Crippen LogP contribution in [0.25, 0.3) is 11.1 Å². The number of carbonyl (C=O) groups excluding carboxylic acids is 3. The van der Waals surface area contributed by atoms with Crippen LogP contribution in [0, 0.1) is 17.6 Å². The van der Waals surface area contributed by atoms with Gasteiger partial charge in [0.05, 0.1) is 29.4 Å². The van der Waals surface area contributed by atoms with Crippen LogP contribution in [0.1, 0.15) is 55.4 Å². The van der Waals surface area contributed by atoms with Crippen molar-refractivity contribution in [2.75, 3.05) is 24.3 Å². The first-order chi connectivity index (χ1) is 20.2. The Morgan fingerprint density at radius 3 is 2.71 bits per heavy atom. The summed E-state index contributed by atoms with van der Waals surface area (Å²) < 4.78 is 54.5. The second kappa shape index (κ2) is 12.3. The van der Waals surface area contributed by atoms with Gasteiger partial charge in [-0.25, -0.2) is 23.4 Å². The highest BCUT2D eigenvalue weighted by Crippen LogP contribution is 2.40. The van der Waals surface area contributed by atoms with Gasteiger partial charge >= 0.3 is 12.2 Å². The van der Waals surface area contributed by atoms with Crippen molar-refractivity contribution in [3.63, 3.8) is 0 Å². The van der Waals surface area contributed by atoms with Crippen molar-refractivity contribution >= 4 is 41.1 Å². The standard InChI is InChI=1S/C29H26ClF3N4O5/c1-41-28(39)35-16-6-7-17-15-12-18(27(33)34-14-15)22(4-2-3-5-24(38)36-21(17)13-16)37-11-10-23(42-29(37)40)25-20(31)9-8-19(30)26(25)32/h6-9,12-14,22-23H,2-5,10-11H2,1H3,(H,35,39)(H,36,38)/t22-,23+/m0/s1. The van der Waals surface area contributed by atoms with Gasteiger partial charge in [-0.2, -0.15) is 4.39 Å². The van der Waals surface area contributed by atoms with E-state index >= 15 is 4.39 Å². The molecule has 220 valence electrons. The predicted molar refractivity (Wildman–Crippen MR) is 147 cm³/mol. The number of halogens is 4. The molecular formula is C29H26ClF3N4O5. The molecule has 0 unspecified atom stereocenters. The molecule has 42 heavy (non-hydrogen) atoms. The van der Waals surface area contributed by atoms with E-state index in [1.54, 1.807) is 24.3 Å².